The van der Waals surface area contributed by atoms with Crippen LogP contribution >= 0.6 is 0 Å². The van der Waals surface area contributed by atoms with Gasteiger partial charge in [0.05, 0.1) is 0 Å². The van der Waals surface area contributed by atoms with Crippen LogP contribution in [0.5, 0.6) is 0 Å². The van der Waals surface area contributed by atoms with E-state index in [0.717, 1.165) is 0 Å². The summed E-state index contributed by atoms with van der Waals surface area (Å²) in [5.74, 6) is 0. The molecule has 1 aliphatic heterocycles. The van der Waals surface area contributed by atoms with Gasteiger partial charge < -0.3 is 19.3 Å². The topological polar surface area (TPSA) is 27.7 Å². The molecule has 3 radical (unpaired) electrons. The first-order valence-corrected chi connectivity index (χ1v) is 12.9. The first-order valence-electron chi connectivity index (χ1n) is 9.01. The second-order valence-corrected chi connectivity index (χ2v) is 16.7. The summed E-state index contributed by atoms with van der Waals surface area (Å²) in [6.45, 7) is 18.5. The van der Waals surface area contributed by atoms with Crippen molar-refractivity contribution in [3.63, 3.8) is 0 Å². The quantitative estimate of drug-likeness (QED) is 0.466. The van der Waals surface area contributed by atoms with Crippen LogP contribution in [0.2, 0.25) is 22.2 Å². The molecule has 1 rings (SSSR count). The average Bonchev–Trinajstić information content (AvgIpc) is 2.40. The Labute approximate surface area is 165 Å². The van der Waals surface area contributed by atoms with E-state index >= 15 is 0 Å². The molecule has 0 unspecified atom stereocenters. The van der Waals surface area contributed by atoms with Gasteiger partial charge in [0.15, 0.2) is 0 Å². The van der Waals surface area contributed by atoms with Crippen molar-refractivity contribution in [2.45, 2.75) is 90.1 Å². The third kappa shape index (κ3) is 5.24. The molecule has 1 fully saturated rings. The van der Waals surface area contributed by atoms with Gasteiger partial charge in [-0.15, -0.1) is 6.10 Å². The van der Waals surface area contributed by atoms with Gasteiger partial charge in [-0.1, -0.05) is 62.0 Å². The third-order valence-electron chi connectivity index (χ3n) is 4.91. The van der Waals surface area contributed by atoms with Crippen molar-refractivity contribution in [2.75, 3.05) is 6.61 Å². The SMILES string of the molecule is [B][CH-]C[C@H]1[CH-]CO[Si](C(C)C)(C(C)C)O[Si](C(C)C)(C(C)C)O1.[V+2]. The zero-order chi connectivity index (χ0) is 17.8. The molecule has 0 aromatic carbocycles. The molecular formula is C17H35BO3Si2V. The van der Waals surface area contributed by atoms with Crippen molar-refractivity contribution in [1.82, 2.24) is 0 Å². The Balaban J connectivity index is 0.00000529. The van der Waals surface area contributed by atoms with E-state index in [1.807, 2.05) is 0 Å². The molecular weight excluding hydrogens is 370 g/mol. The van der Waals surface area contributed by atoms with Crippen LogP contribution in [-0.4, -0.2) is 37.7 Å². The van der Waals surface area contributed by atoms with E-state index in [-0.39, 0.29) is 24.7 Å². The van der Waals surface area contributed by atoms with Crippen LogP contribution in [0.1, 0.15) is 61.8 Å². The molecule has 1 heterocycles. The fraction of sp³-hybridized carbons (Fsp3) is 0.882. The fourth-order valence-corrected chi connectivity index (χ4v) is 14.7. The summed E-state index contributed by atoms with van der Waals surface area (Å²) < 4.78 is 20.2. The Morgan fingerprint density at radius 2 is 1.42 bits per heavy atom. The maximum absolute atomic E-state index is 7.05. The molecule has 0 bridgehead atoms. The van der Waals surface area contributed by atoms with Crippen LogP contribution < -0.4 is 0 Å². The summed E-state index contributed by atoms with van der Waals surface area (Å²) in [5.41, 5.74) is 1.51. The van der Waals surface area contributed by atoms with Gasteiger partial charge in [-0.3, -0.25) is 6.42 Å². The molecule has 7 heteroatoms. The van der Waals surface area contributed by atoms with Crippen LogP contribution in [0.15, 0.2) is 0 Å². The first-order chi connectivity index (χ1) is 10.6. The zero-order valence-corrected chi connectivity index (χ0v) is 20.1. The standard InChI is InChI=1S/C17H35BO3Si2.V/c1-13(2)22(14(3)4)19-12-10-17(9-11-18)20-23(21-22,15(5)6)16(7)8;/h10-11,13-17H,9,12H2,1-8H3;/q-2;+2/t17-;/m0./s1. The number of rotatable bonds is 6. The van der Waals surface area contributed by atoms with Gasteiger partial charge >= 0.3 is 35.7 Å². The molecule has 0 aromatic rings. The maximum atomic E-state index is 7.05. The zero-order valence-electron chi connectivity index (χ0n) is 16.7. The second kappa shape index (κ2) is 10.3. The molecule has 0 aromatic heterocycles. The van der Waals surface area contributed by atoms with Gasteiger partial charge in [0.1, 0.15) is 0 Å². The van der Waals surface area contributed by atoms with Crippen molar-refractivity contribution >= 4 is 25.0 Å². The van der Waals surface area contributed by atoms with Gasteiger partial charge in [0, 0.05) is 0 Å². The van der Waals surface area contributed by atoms with E-state index in [9.17, 15) is 0 Å². The van der Waals surface area contributed by atoms with E-state index in [1.165, 1.54) is 0 Å². The molecule has 3 nitrogen and oxygen atoms in total. The van der Waals surface area contributed by atoms with E-state index in [0.29, 0.717) is 35.2 Å². The summed E-state index contributed by atoms with van der Waals surface area (Å²) in [4.78, 5) is 0. The Kier molecular flexibility index (Phi) is 10.8. The monoisotopic (exact) mass is 405 g/mol. The summed E-state index contributed by atoms with van der Waals surface area (Å²) >= 11 is 0. The molecule has 1 atom stereocenters. The van der Waals surface area contributed by atoms with Crippen molar-refractivity contribution in [3.8, 4) is 0 Å². The summed E-state index contributed by atoms with van der Waals surface area (Å²) in [7, 11) is 0.837. The van der Waals surface area contributed by atoms with Crippen LogP contribution in [-0.2, 0) is 31.5 Å². The number of hydrogen-bond acceptors (Lipinski definition) is 3. The molecule has 0 spiro atoms. The molecule has 24 heavy (non-hydrogen) atoms. The van der Waals surface area contributed by atoms with Crippen molar-refractivity contribution < 1.29 is 31.5 Å². The Morgan fingerprint density at radius 1 is 0.958 bits per heavy atom. The normalized spacial score (nSPS) is 24.1. The minimum atomic E-state index is -2.45. The third-order valence-corrected chi connectivity index (χ3v) is 15.2. The van der Waals surface area contributed by atoms with Crippen LogP contribution in [0.3, 0.4) is 0 Å². The Morgan fingerprint density at radius 3 is 1.79 bits per heavy atom. The second-order valence-electron chi connectivity index (χ2n) is 7.84. The summed E-state index contributed by atoms with van der Waals surface area (Å²) in [6.07, 6.45) is 4.52. The number of hydrogen-bond donors (Lipinski definition) is 0. The largest absolute Gasteiger partial charge is 2.00 e. The predicted octanol–water partition coefficient (Wildman–Crippen LogP) is 4.86. The van der Waals surface area contributed by atoms with Gasteiger partial charge in [-0.2, -0.15) is 14.3 Å². The van der Waals surface area contributed by atoms with Gasteiger partial charge in [-0.05, 0) is 22.2 Å². The molecule has 1 saturated heterocycles. The van der Waals surface area contributed by atoms with Crippen molar-refractivity contribution in [3.05, 3.63) is 12.7 Å². The molecule has 0 amide bonds. The molecule has 137 valence electrons. The Bertz CT molecular complexity index is 352. The summed E-state index contributed by atoms with van der Waals surface area (Å²) in [6, 6.07) is 0. The van der Waals surface area contributed by atoms with Gasteiger partial charge in [-0.25, -0.2) is 0 Å². The van der Waals surface area contributed by atoms with Crippen molar-refractivity contribution in [1.29, 1.82) is 0 Å². The van der Waals surface area contributed by atoms with E-state index in [1.54, 1.807) is 6.32 Å². The molecule has 0 aliphatic carbocycles. The summed E-state index contributed by atoms with van der Waals surface area (Å²) in [5, 5.41) is 0. The van der Waals surface area contributed by atoms with Crippen molar-refractivity contribution in [2.24, 2.45) is 0 Å². The van der Waals surface area contributed by atoms with E-state index in [2.05, 4.69) is 61.8 Å². The molecule has 0 N–H and O–H groups in total. The van der Waals surface area contributed by atoms with Gasteiger partial charge in [0.25, 0.3) is 0 Å². The van der Waals surface area contributed by atoms with E-state index < -0.39 is 17.1 Å². The van der Waals surface area contributed by atoms with Crippen LogP contribution in [0, 0.1) is 12.7 Å². The minimum Gasteiger partial charge on any atom is -0.427 e. The fourth-order valence-electron chi connectivity index (χ4n) is 3.56. The first kappa shape index (κ1) is 25.0. The predicted molar refractivity (Wildman–Crippen MR) is 103 cm³/mol. The Hall–Kier alpha value is 0.963. The smallest absolute Gasteiger partial charge is 0.427 e. The van der Waals surface area contributed by atoms with Gasteiger partial charge in [0.2, 0.25) is 0 Å². The maximum Gasteiger partial charge on any atom is 2.00 e. The molecule has 1 aliphatic rings. The molecule has 0 saturated carbocycles. The minimum absolute atomic E-state index is 0. The van der Waals surface area contributed by atoms with Crippen LogP contribution in [0.4, 0.5) is 0 Å². The van der Waals surface area contributed by atoms with Crippen LogP contribution in [0.25, 0.3) is 0 Å². The average molecular weight is 405 g/mol. The van der Waals surface area contributed by atoms with E-state index in [4.69, 9.17) is 20.8 Å².